The van der Waals surface area contributed by atoms with Crippen molar-refractivity contribution in [3.63, 3.8) is 0 Å². The molecule has 0 bridgehead atoms. The van der Waals surface area contributed by atoms with Crippen molar-refractivity contribution < 1.29 is 14.3 Å². The van der Waals surface area contributed by atoms with Gasteiger partial charge in [-0.1, -0.05) is 12.1 Å². The number of anilines is 1. The molecule has 136 valence electrons. The summed E-state index contributed by atoms with van der Waals surface area (Å²) in [7, 11) is 3.34. The van der Waals surface area contributed by atoms with E-state index in [1.165, 1.54) is 0 Å². The normalized spacial score (nSPS) is 14.3. The van der Waals surface area contributed by atoms with Gasteiger partial charge in [0.1, 0.15) is 18.1 Å². The Kier molecular flexibility index (Phi) is 5.36. The Morgan fingerprint density at radius 1 is 1.23 bits per heavy atom. The number of ether oxygens (including phenoxy) is 1. The minimum Gasteiger partial charge on any atom is -0.497 e. The molecule has 2 amide bonds. The molecule has 1 aliphatic rings. The fraction of sp³-hybridized carbons (Fsp3) is 0.316. The highest BCUT2D eigenvalue weighted by Gasteiger charge is 2.28. The Morgan fingerprint density at radius 2 is 2.00 bits per heavy atom. The molecule has 0 atom stereocenters. The smallest absolute Gasteiger partial charge is 0.258 e. The Balaban J connectivity index is 1.64. The maximum atomic E-state index is 12.7. The first-order valence-electron chi connectivity index (χ1n) is 8.45. The molecular formula is C19H22N4O3. The van der Waals surface area contributed by atoms with Crippen molar-refractivity contribution in [2.45, 2.75) is 6.54 Å². The van der Waals surface area contributed by atoms with Gasteiger partial charge in [0, 0.05) is 32.9 Å². The van der Waals surface area contributed by atoms with E-state index in [0.29, 0.717) is 31.0 Å². The lowest BCUT2D eigenvalue weighted by Crippen LogP contribution is -2.51. The van der Waals surface area contributed by atoms with Gasteiger partial charge in [-0.2, -0.15) is 0 Å². The number of pyridine rings is 1. The van der Waals surface area contributed by atoms with Gasteiger partial charge in [-0.15, -0.1) is 0 Å². The number of hydrogen-bond donors (Lipinski definition) is 1. The van der Waals surface area contributed by atoms with Gasteiger partial charge in [-0.25, -0.2) is 4.98 Å². The van der Waals surface area contributed by atoms with Gasteiger partial charge in [-0.3, -0.25) is 9.59 Å². The SMILES string of the molecule is CNc1ncccc1C(=O)N1CCN(Cc2ccc(OC)cc2)C(=O)C1. The Hall–Kier alpha value is -3.09. The molecule has 1 aromatic heterocycles. The zero-order valence-corrected chi connectivity index (χ0v) is 14.9. The second-order valence-electron chi connectivity index (χ2n) is 6.04. The maximum Gasteiger partial charge on any atom is 0.258 e. The van der Waals surface area contributed by atoms with Crippen molar-refractivity contribution in [3.05, 3.63) is 53.7 Å². The van der Waals surface area contributed by atoms with Crippen molar-refractivity contribution in [1.29, 1.82) is 0 Å². The summed E-state index contributed by atoms with van der Waals surface area (Å²) in [6.07, 6.45) is 1.63. The number of nitrogens with zero attached hydrogens (tertiary/aromatic N) is 3. The molecule has 2 aromatic rings. The number of benzene rings is 1. The number of hydrogen-bond acceptors (Lipinski definition) is 5. The molecule has 0 unspecified atom stereocenters. The molecule has 1 N–H and O–H groups in total. The fourth-order valence-corrected chi connectivity index (χ4v) is 2.95. The summed E-state index contributed by atoms with van der Waals surface area (Å²) < 4.78 is 5.15. The van der Waals surface area contributed by atoms with Crippen LogP contribution in [0.15, 0.2) is 42.6 Å². The third-order valence-corrected chi connectivity index (χ3v) is 4.41. The first-order chi connectivity index (χ1) is 12.6. The van der Waals surface area contributed by atoms with Crippen LogP contribution in [0.5, 0.6) is 5.75 Å². The van der Waals surface area contributed by atoms with Crippen molar-refractivity contribution in [1.82, 2.24) is 14.8 Å². The van der Waals surface area contributed by atoms with Gasteiger partial charge in [0.05, 0.1) is 12.7 Å². The van der Waals surface area contributed by atoms with Gasteiger partial charge in [0.2, 0.25) is 5.91 Å². The van der Waals surface area contributed by atoms with E-state index in [-0.39, 0.29) is 18.4 Å². The summed E-state index contributed by atoms with van der Waals surface area (Å²) in [5, 5.41) is 2.91. The van der Waals surface area contributed by atoms with Crippen LogP contribution in [0, 0.1) is 0 Å². The molecule has 1 aliphatic heterocycles. The van der Waals surface area contributed by atoms with E-state index in [1.54, 1.807) is 42.3 Å². The van der Waals surface area contributed by atoms with Crippen molar-refractivity contribution in [2.24, 2.45) is 0 Å². The predicted molar refractivity (Wildman–Crippen MR) is 98.1 cm³/mol. The van der Waals surface area contributed by atoms with Crippen molar-refractivity contribution >= 4 is 17.6 Å². The zero-order chi connectivity index (χ0) is 18.5. The molecule has 1 saturated heterocycles. The van der Waals surface area contributed by atoms with Crippen LogP contribution in [0.4, 0.5) is 5.82 Å². The van der Waals surface area contributed by atoms with E-state index in [2.05, 4.69) is 10.3 Å². The maximum absolute atomic E-state index is 12.7. The number of carbonyl (C=O) groups excluding carboxylic acids is 2. The van der Waals surface area contributed by atoms with E-state index in [1.807, 2.05) is 24.3 Å². The van der Waals surface area contributed by atoms with E-state index in [4.69, 9.17) is 4.74 Å². The first kappa shape index (κ1) is 17.7. The van der Waals surface area contributed by atoms with Crippen LogP contribution in [-0.4, -0.2) is 60.4 Å². The largest absolute Gasteiger partial charge is 0.497 e. The number of rotatable bonds is 5. The number of methoxy groups -OCH3 is 1. The second kappa shape index (κ2) is 7.86. The van der Waals surface area contributed by atoms with Crippen LogP contribution in [0.3, 0.4) is 0 Å². The number of aromatic nitrogens is 1. The highest BCUT2D eigenvalue weighted by molar-refractivity contribution is 6.00. The Labute approximate surface area is 152 Å². The lowest BCUT2D eigenvalue weighted by molar-refractivity contribution is -0.135. The lowest BCUT2D eigenvalue weighted by atomic mass is 10.1. The highest BCUT2D eigenvalue weighted by Crippen LogP contribution is 2.18. The molecule has 0 spiro atoms. The van der Waals surface area contributed by atoms with Gasteiger partial charge in [-0.05, 0) is 29.8 Å². The third kappa shape index (κ3) is 3.77. The molecule has 0 saturated carbocycles. The Bertz CT molecular complexity index is 792. The van der Waals surface area contributed by atoms with Crippen LogP contribution in [0.25, 0.3) is 0 Å². The van der Waals surface area contributed by atoms with Crippen LogP contribution in [-0.2, 0) is 11.3 Å². The monoisotopic (exact) mass is 354 g/mol. The molecule has 1 aromatic carbocycles. The minimum absolute atomic E-state index is 0.0599. The summed E-state index contributed by atoms with van der Waals surface area (Å²) in [4.78, 5) is 32.7. The highest BCUT2D eigenvalue weighted by atomic mass is 16.5. The van der Waals surface area contributed by atoms with Crippen molar-refractivity contribution in [2.75, 3.05) is 39.1 Å². The van der Waals surface area contributed by atoms with Crippen LogP contribution in [0.1, 0.15) is 15.9 Å². The molecule has 7 heteroatoms. The predicted octanol–water partition coefficient (Wildman–Crippen LogP) is 1.62. The van der Waals surface area contributed by atoms with Crippen LogP contribution >= 0.6 is 0 Å². The number of piperazine rings is 1. The minimum atomic E-state index is -0.181. The van der Waals surface area contributed by atoms with Crippen molar-refractivity contribution in [3.8, 4) is 5.75 Å². The molecular weight excluding hydrogens is 332 g/mol. The second-order valence-corrected chi connectivity index (χ2v) is 6.04. The zero-order valence-electron chi connectivity index (χ0n) is 14.9. The van der Waals surface area contributed by atoms with E-state index < -0.39 is 0 Å². The van der Waals surface area contributed by atoms with E-state index >= 15 is 0 Å². The molecule has 0 aliphatic carbocycles. The molecule has 2 heterocycles. The van der Waals surface area contributed by atoms with Gasteiger partial charge < -0.3 is 19.9 Å². The average Bonchev–Trinajstić information content (AvgIpc) is 2.69. The quantitative estimate of drug-likeness (QED) is 0.883. The van der Waals surface area contributed by atoms with Gasteiger partial charge in [0.15, 0.2) is 0 Å². The summed E-state index contributed by atoms with van der Waals surface area (Å²) in [5.74, 6) is 1.06. The molecule has 0 radical (unpaired) electrons. The summed E-state index contributed by atoms with van der Waals surface area (Å²) >= 11 is 0. The number of carbonyl (C=O) groups is 2. The average molecular weight is 354 g/mol. The summed E-state index contributed by atoms with van der Waals surface area (Å²) in [5.41, 5.74) is 1.51. The summed E-state index contributed by atoms with van der Waals surface area (Å²) in [6.45, 7) is 1.61. The standard InChI is InChI=1S/C19H22N4O3/c1-20-18-16(4-3-9-21-18)19(25)23-11-10-22(17(24)13-23)12-14-5-7-15(26-2)8-6-14/h3-9H,10-13H2,1-2H3,(H,20,21). The van der Waals surface area contributed by atoms with Gasteiger partial charge in [0.25, 0.3) is 5.91 Å². The molecule has 1 fully saturated rings. The van der Waals surface area contributed by atoms with Crippen LogP contribution in [0.2, 0.25) is 0 Å². The number of amides is 2. The molecule has 3 rings (SSSR count). The number of nitrogens with one attached hydrogen (secondary N) is 1. The van der Waals surface area contributed by atoms with E-state index in [9.17, 15) is 9.59 Å². The molecule has 26 heavy (non-hydrogen) atoms. The molecule has 7 nitrogen and oxygen atoms in total. The van der Waals surface area contributed by atoms with Crippen LogP contribution < -0.4 is 10.1 Å². The Morgan fingerprint density at radius 3 is 2.65 bits per heavy atom. The fourth-order valence-electron chi connectivity index (χ4n) is 2.95. The van der Waals surface area contributed by atoms with Gasteiger partial charge >= 0.3 is 0 Å². The topological polar surface area (TPSA) is 74.8 Å². The third-order valence-electron chi connectivity index (χ3n) is 4.41. The lowest BCUT2D eigenvalue weighted by Gasteiger charge is -2.34. The first-order valence-corrected chi connectivity index (χ1v) is 8.45. The summed E-state index contributed by atoms with van der Waals surface area (Å²) in [6, 6.07) is 11.1. The van der Waals surface area contributed by atoms with E-state index in [0.717, 1.165) is 11.3 Å².